The molecule has 2 aromatic rings. The third-order valence-electron chi connectivity index (χ3n) is 3.69. The predicted octanol–water partition coefficient (Wildman–Crippen LogP) is 3.57. The van der Waals surface area contributed by atoms with Crippen molar-refractivity contribution in [3.63, 3.8) is 0 Å². The summed E-state index contributed by atoms with van der Waals surface area (Å²) in [6, 6.07) is 7.12. The van der Waals surface area contributed by atoms with E-state index in [2.05, 4.69) is 22.5 Å². The lowest BCUT2D eigenvalue weighted by Crippen LogP contribution is -2.38. The highest BCUT2D eigenvalue weighted by atomic mass is 32.1. The van der Waals surface area contributed by atoms with Crippen LogP contribution in [-0.4, -0.2) is 28.9 Å². The molecule has 1 atom stereocenters. The van der Waals surface area contributed by atoms with Gasteiger partial charge in [-0.1, -0.05) is 19.1 Å². The molecule has 0 aliphatic heterocycles. The number of carbonyl (C=O) groups excluding carboxylic acids is 2. The molecule has 0 aliphatic carbocycles. The van der Waals surface area contributed by atoms with Gasteiger partial charge in [0.2, 0.25) is 5.91 Å². The van der Waals surface area contributed by atoms with Crippen LogP contribution in [0.25, 0.3) is 0 Å². The highest BCUT2D eigenvalue weighted by Crippen LogP contribution is 2.18. The molecule has 6 nitrogen and oxygen atoms in total. The van der Waals surface area contributed by atoms with Crippen LogP contribution in [0.15, 0.2) is 29.6 Å². The van der Waals surface area contributed by atoms with Gasteiger partial charge in [-0.15, -0.1) is 11.3 Å². The number of anilines is 1. The zero-order valence-electron chi connectivity index (χ0n) is 15.0. The Hall–Kier alpha value is -2.41. The van der Waals surface area contributed by atoms with Crippen LogP contribution in [0.4, 0.5) is 10.5 Å². The lowest BCUT2D eigenvalue weighted by atomic mass is 10.1. The molecular formula is C18H24N4O2S. The molecule has 0 fully saturated rings. The van der Waals surface area contributed by atoms with Gasteiger partial charge in [0, 0.05) is 25.0 Å². The number of hydrogen-bond acceptors (Lipinski definition) is 4. The molecule has 0 unspecified atom stereocenters. The molecule has 134 valence electrons. The molecule has 0 saturated heterocycles. The zero-order valence-corrected chi connectivity index (χ0v) is 15.8. The van der Waals surface area contributed by atoms with Crippen molar-refractivity contribution < 1.29 is 9.59 Å². The van der Waals surface area contributed by atoms with Gasteiger partial charge in [0.05, 0.1) is 23.3 Å². The number of hydrogen-bond donors (Lipinski definition) is 2. The zero-order chi connectivity index (χ0) is 18.4. The second-order valence-electron chi connectivity index (χ2n) is 5.92. The van der Waals surface area contributed by atoms with Crippen LogP contribution in [0.5, 0.6) is 0 Å². The molecule has 0 radical (unpaired) electrons. The lowest BCUT2D eigenvalue weighted by molar-refractivity contribution is -0.114. The normalized spacial score (nSPS) is 11.7. The Morgan fingerprint density at radius 1 is 1.36 bits per heavy atom. The molecule has 0 saturated carbocycles. The van der Waals surface area contributed by atoms with E-state index in [1.54, 1.807) is 23.3 Å². The number of thiazole rings is 1. The molecule has 0 bridgehead atoms. The maximum absolute atomic E-state index is 12.4. The van der Waals surface area contributed by atoms with Crippen LogP contribution in [0.2, 0.25) is 0 Å². The molecule has 2 N–H and O–H groups in total. The minimum absolute atomic E-state index is 0.122. The van der Waals surface area contributed by atoms with Crippen molar-refractivity contribution in [3.8, 4) is 0 Å². The van der Waals surface area contributed by atoms with Gasteiger partial charge in [-0.3, -0.25) is 4.79 Å². The molecule has 3 amide bonds. The van der Waals surface area contributed by atoms with E-state index >= 15 is 0 Å². The molecule has 2 rings (SSSR count). The fourth-order valence-corrected chi connectivity index (χ4v) is 3.10. The number of rotatable bonds is 6. The molecule has 1 aromatic heterocycles. The van der Waals surface area contributed by atoms with Crippen LogP contribution < -0.4 is 10.6 Å². The number of carbonyl (C=O) groups is 2. The average Bonchev–Trinajstić information content (AvgIpc) is 3.02. The van der Waals surface area contributed by atoms with Gasteiger partial charge in [0.25, 0.3) is 0 Å². The van der Waals surface area contributed by atoms with E-state index in [9.17, 15) is 9.59 Å². The summed E-state index contributed by atoms with van der Waals surface area (Å²) in [4.78, 5) is 29.7. The van der Waals surface area contributed by atoms with E-state index in [1.165, 1.54) is 6.92 Å². The smallest absolute Gasteiger partial charge is 0.317 e. The van der Waals surface area contributed by atoms with Crippen molar-refractivity contribution in [2.45, 2.75) is 39.8 Å². The number of aryl methyl sites for hydroxylation is 1. The van der Waals surface area contributed by atoms with Crippen molar-refractivity contribution in [1.82, 2.24) is 15.2 Å². The lowest BCUT2D eigenvalue weighted by Gasteiger charge is -2.21. The van der Waals surface area contributed by atoms with Gasteiger partial charge in [0.15, 0.2) is 0 Å². The molecule has 7 heteroatoms. The van der Waals surface area contributed by atoms with Gasteiger partial charge >= 0.3 is 6.03 Å². The molecule has 1 aromatic carbocycles. The van der Waals surface area contributed by atoms with Crippen LogP contribution in [0, 0.1) is 0 Å². The Kier molecular flexibility index (Phi) is 6.52. The van der Waals surface area contributed by atoms with Crippen molar-refractivity contribution in [1.29, 1.82) is 0 Å². The molecule has 0 spiro atoms. The Balaban J connectivity index is 1.95. The summed E-state index contributed by atoms with van der Waals surface area (Å²) in [5.41, 5.74) is 2.55. The Morgan fingerprint density at radius 2 is 2.12 bits per heavy atom. The quantitative estimate of drug-likeness (QED) is 0.827. The predicted molar refractivity (Wildman–Crippen MR) is 101 cm³/mol. The second-order valence-corrected chi connectivity index (χ2v) is 6.86. The first-order chi connectivity index (χ1) is 11.9. The number of amides is 3. The van der Waals surface area contributed by atoms with Crippen LogP contribution >= 0.6 is 11.3 Å². The molecule has 1 heterocycles. The Bertz CT molecular complexity index is 744. The first-order valence-corrected chi connectivity index (χ1v) is 9.09. The summed E-state index contributed by atoms with van der Waals surface area (Å²) in [6.45, 7) is 5.92. The minimum atomic E-state index is -0.176. The SMILES string of the molecule is CCc1nc(CN(C)C(=O)N[C@@H](C)c2cccc(NC(C)=O)c2)cs1. The minimum Gasteiger partial charge on any atom is -0.331 e. The van der Waals surface area contributed by atoms with Crippen LogP contribution in [0.1, 0.15) is 43.1 Å². The van der Waals surface area contributed by atoms with Gasteiger partial charge < -0.3 is 15.5 Å². The maximum Gasteiger partial charge on any atom is 0.317 e. The topological polar surface area (TPSA) is 74.3 Å². The average molecular weight is 360 g/mol. The first kappa shape index (κ1) is 18.9. The molecule has 0 aliphatic rings. The Morgan fingerprint density at radius 3 is 2.76 bits per heavy atom. The Labute approximate surface area is 152 Å². The summed E-state index contributed by atoms with van der Waals surface area (Å²) in [7, 11) is 1.75. The van der Waals surface area contributed by atoms with Gasteiger partial charge in [-0.05, 0) is 31.0 Å². The number of nitrogens with zero attached hydrogens (tertiary/aromatic N) is 2. The standard InChI is InChI=1S/C18H24N4O2S/c1-5-17-21-16(11-25-17)10-22(4)18(24)19-12(2)14-7-6-8-15(9-14)20-13(3)23/h6-9,11-12H,5,10H2,1-4H3,(H,19,24)(H,20,23)/t12-/m0/s1. The monoisotopic (exact) mass is 360 g/mol. The first-order valence-electron chi connectivity index (χ1n) is 8.21. The highest BCUT2D eigenvalue weighted by molar-refractivity contribution is 7.09. The summed E-state index contributed by atoms with van der Waals surface area (Å²) in [6.07, 6.45) is 0.905. The third-order valence-corrected chi connectivity index (χ3v) is 4.74. The summed E-state index contributed by atoms with van der Waals surface area (Å²) >= 11 is 1.62. The molecular weight excluding hydrogens is 336 g/mol. The van der Waals surface area contributed by atoms with Crippen molar-refractivity contribution in [2.75, 3.05) is 12.4 Å². The van der Waals surface area contributed by atoms with E-state index in [0.29, 0.717) is 12.2 Å². The largest absolute Gasteiger partial charge is 0.331 e. The number of urea groups is 1. The van der Waals surface area contributed by atoms with E-state index in [0.717, 1.165) is 22.7 Å². The second kappa shape index (κ2) is 8.62. The van der Waals surface area contributed by atoms with E-state index in [-0.39, 0.29) is 18.0 Å². The molecule has 25 heavy (non-hydrogen) atoms. The van der Waals surface area contributed by atoms with Gasteiger partial charge in [0.1, 0.15) is 0 Å². The maximum atomic E-state index is 12.4. The number of nitrogens with one attached hydrogen (secondary N) is 2. The van der Waals surface area contributed by atoms with Crippen LogP contribution in [-0.2, 0) is 17.8 Å². The number of benzene rings is 1. The van der Waals surface area contributed by atoms with E-state index < -0.39 is 0 Å². The van der Waals surface area contributed by atoms with E-state index in [1.807, 2.05) is 36.6 Å². The van der Waals surface area contributed by atoms with Gasteiger partial charge in [-0.25, -0.2) is 9.78 Å². The van der Waals surface area contributed by atoms with Gasteiger partial charge in [-0.2, -0.15) is 0 Å². The van der Waals surface area contributed by atoms with Crippen molar-refractivity contribution >= 4 is 29.0 Å². The highest BCUT2D eigenvalue weighted by Gasteiger charge is 2.15. The van der Waals surface area contributed by atoms with Crippen LogP contribution in [0.3, 0.4) is 0 Å². The van der Waals surface area contributed by atoms with Crippen molar-refractivity contribution in [2.24, 2.45) is 0 Å². The third kappa shape index (κ3) is 5.56. The number of aromatic nitrogens is 1. The fraction of sp³-hybridized carbons (Fsp3) is 0.389. The fourth-order valence-electron chi connectivity index (χ4n) is 2.37. The summed E-state index contributed by atoms with van der Waals surface area (Å²) in [5, 5.41) is 8.78. The van der Waals surface area contributed by atoms with Crippen molar-refractivity contribution in [3.05, 3.63) is 45.9 Å². The van der Waals surface area contributed by atoms with E-state index in [4.69, 9.17) is 0 Å². The summed E-state index contributed by atoms with van der Waals surface area (Å²) < 4.78 is 0. The summed E-state index contributed by atoms with van der Waals surface area (Å²) in [5.74, 6) is -0.122.